The first-order valence-corrected chi connectivity index (χ1v) is 5.68. The van der Waals surface area contributed by atoms with Crippen LogP contribution < -0.4 is 5.32 Å². The van der Waals surface area contributed by atoms with Gasteiger partial charge in [-0.3, -0.25) is 0 Å². The Kier molecular flexibility index (Phi) is 3.06. The standard InChI is InChI=1S/C13H18FN/c1-9(2)15-8-10-3-6-12(11-4-5-11)13(14)7-10/h3,6-7,9,11,15H,4-5,8H2,1-2H3. The molecule has 1 aromatic rings. The molecule has 1 aliphatic rings. The molecule has 82 valence electrons. The molecule has 1 fully saturated rings. The van der Waals surface area contributed by atoms with Crippen LogP contribution in [0.2, 0.25) is 0 Å². The zero-order valence-corrected chi connectivity index (χ0v) is 9.39. The van der Waals surface area contributed by atoms with Crippen LogP contribution in [0.4, 0.5) is 4.39 Å². The molecule has 0 heterocycles. The van der Waals surface area contributed by atoms with Crippen molar-refractivity contribution < 1.29 is 4.39 Å². The molecule has 0 spiro atoms. The monoisotopic (exact) mass is 207 g/mol. The van der Waals surface area contributed by atoms with Gasteiger partial charge in [0.25, 0.3) is 0 Å². The third-order valence-electron chi connectivity index (χ3n) is 2.80. The lowest BCUT2D eigenvalue weighted by molar-refractivity contribution is 0.577. The van der Waals surface area contributed by atoms with E-state index in [4.69, 9.17) is 0 Å². The smallest absolute Gasteiger partial charge is 0.127 e. The van der Waals surface area contributed by atoms with Crippen LogP contribution >= 0.6 is 0 Å². The van der Waals surface area contributed by atoms with E-state index in [1.54, 1.807) is 6.07 Å². The average molecular weight is 207 g/mol. The van der Waals surface area contributed by atoms with Gasteiger partial charge in [-0.05, 0) is 36.0 Å². The van der Waals surface area contributed by atoms with Gasteiger partial charge >= 0.3 is 0 Å². The van der Waals surface area contributed by atoms with Crippen molar-refractivity contribution in [2.75, 3.05) is 0 Å². The minimum Gasteiger partial charge on any atom is -0.310 e. The largest absolute Gasteiger partial charge is 0.310 e. The molecule has 1 aromatic carbocycles. The van der Waals surface area contributed by atoms with Crippen LogP contribution in [0.3, 0.4) is 0 Å². The summed E-state index contributed by atoms with van der Waals surface area (Å²) in [4.78, 5) is 0. The first-order valence-electron chi connectivity index (χ1n) is 5.68. The van der Waals surface area contributed by atoms with Crippen LogP contribution in [0.1, 0.15) is 43.7 Å². The fourth-order valence-corrected chi connectivity index (χ4v) is 1.73. The fourth-order valence-electron chi connectivity index (χ4n) is 1.73. The Hall–Kier alpha value is -0.890. The van der Waals surface area contributed by atoms with Crippen molar-refractivity contribution in [2.24, 2.45) is 0 Å². The zero-order chi connectivity index (χ0) is 10.8. The van der Waals surface area contributed by atoms with Crippen molar-refractivity contribution in [3.8, 4) is 0 Å². The first-order chi connectivity index (χ1) is 7.16. The van der Waals surface area contributed by atoms with Gasteiger partial charge in [-0.1, -0.05) is 26.0 Å². The quantitative estimate of drug-likeness (QED) is 0.799. The van der Waals surface area contributed by atoms with Crippen molar-refractivity contribution in [3.05, 3.63) is 35.1 Å². The molecule has 0 atom stereocenters. The van der Waals surface area contributed by atoms with Crippen molar-refractivity contribution in [1.29, 1.82) is 0 Å². The molecule has 0 radical (unpaired) electrons. The van der Waals surface area contributed by atoms with E-state index in [2.05, 4.69) is 19.2 Å². The zero-order valence-electron chi connectivity index (χ0n) is 9.39. The third-order valence-corrected chi connectivity index (χ3v) is 2.80. The average Bonchev–Trinajstić information content (AvgIpc) is 2.98. The maximum Gasteiger partial charge on any atom is 0.127 e. The molecule has 0 amide bonds. The number of benzene rings is 1. The van der Waals surface area contributed by atoms with Crippen molar-refractivity contribution in [3.63, 3.8) is 0 Å². The summed E-state index contributed by atoms with van der Waals surface area (Å²) in [5.41, 5.74) is 1.94. The Bertz CT molecular complexity index is 342. The van der Waals surface area contributed by atoms with Gasteiger partial charge in [0.15, 0.2) is 0 Å². The van der Waals surface area contributed by atoms with Gasteiger partial charge in [-0.2, -0.15) is 0 Å². The van der Waals surface area contributed by atoms with Crippen molar-refractivity contribution in [1.82, 2.24) is 5.32 Å². The van der Waals surface area contributed by atoms with Gasteiger partial charge in [0.05, 0.1) is 0 Å². The predicted octanol–water partition coefficient (Wildman–Crippen LogP) is 3.20. The highest BCUT2D eigenvalue weighted by atomic mass is 19.1. The molecule has 15 heavy (non-hydrogen) atoms. The van der Waals surface area contributed by atoms with Gasteiger partial charge in [0.1, 0.15) is 5.82 Å². The Labute approximate surface area is 90.7 Å². The lowest BCUT2D eigenvalue weighted by atomic mass is 10.1. The highest BCUT2D eigenvalue weighted by Gasteiger charge is 2.26. The fraction of sp³-hybridized carbons (Fsp3) is 0.538. The molecule has 1 nitrogen and oxygen atoms in total. The van der Waals surface area contributed by atoms with Gasteiger partial charge in [0, 0.05) is 12.6 Å². The summed E-state index contributed by atoms with van der Waals surface area (Å²) in [6, 6.07) is 6.09. The Balaban J connectivity index is 2.04. The summed E-state index contributed by atoms with van der Waals surface area (Å²) in [6.07, 6.45) is 2.31. The molecule has 0 saturated heterocycles. The van der Waals surface area contributed by atoms with E-state index in [-0.39, 0.29) is 5.82 Å². The summed E-state index contributed by atoms with van der Waals surface area (Å²) in [7, 11) is 0. The normalized spacial score (nSPS) is 16.0. The molecule has 1 N–H and O–H groups in total. The van der Waals surface area contributed by atoms with E-state index < -0.39 is 0 Å². The van der Waals surface area contributed by atoms with Crippen molar-refractivity contribution >= 4 is 0 Å². The molecule has 1 aliphatic carbocycles. The Morgan fingerprint density at radius 3 is 2.67 bits per heavy atom. The second-order valence-corrected chi connectivity index (χ2v) is 4.67. The summed E-state index contributed by atoms with van der Waals surface area (Å²) < 4.78 is 13.6. The number of rotatable bonds is 4. The molecular formula is C13H18FN. The SMILES string of the molecule is CC(C)NCc1ccc(C2CC2)c(F)c1. The summed E-state index contributed by atoms with van der Waals surface area (Å²) in [5, 5.41) is 3.29. The van der Waals surface area contributed by atoms with Gasteiger partial charge in [0.2, 0.25) is 0 Å². The minimum atomic E-state index is -0.0273. The van der Waals surface area contributed by atoms with Gasteiger partial charge in [-0.25, -0.2) is 4.39 Å². The Morgan fingerprint density at radius 1 is 1.40 bits per heavy atom. The van der Waals surface area contributed by atoms with E-state index in [0.29, 0.717) is 12.0 Å². The molecule has 0 unspecified atom stereocenters. The number of halogens is 1. The first kappa shape index (κ1) is 10.6. The van der Waals surface area contributed by atoms with E-state index in [1.165, 1.54) is 0 Å². The second-order valence-electron chi connectivity index (χ2n) is 4.67. The molecule has 2 heteroatoms. The predicted molar refractivity (Wildman–Crippen MR) is 60.4 cm³/mol. The summed E-state index contributed by atoms with van der Waals surface area (Å²) >= 11 is 0. The Morgan fingerprint density at radius 2 is 2.13 bits per heavy atom. The van der Waals surface area contributed by atoms with E-state index >= 15 is 0 Å². The lowest BCUT2D eigenvalue weighted by Crippen LogP contribution is -2.21. The summed E-state index contributed by atoms with van der Waals surface area (Å²) in [6.45, 7) is 4.93. The number of hydrogen-bond acceptors (Lipinski definition) is 1. The van der Waals surface area contributed by atoms with E-state index in [9.17, 15) is 4.39 Å². The maximum absolute atomic E-state index is 13.6. The maximum atomic E-state index is 13.6. The molecular weight excluding hydrogens is 189 g/mol. The topological polar surface area (TPSA) is 12.0 Å². The van der Waals surface area contributed by atoms with Crippen LogP contribution in [0.15, 0.2) is 18.2 Å². The third kappa shape index (κ3) is 2.78. The van der Waals surface area contributed by atoms with Crippen LogP contribution in [0, 0.1) is 5.82 Å². The van der Waals surface area contributed by atoms with Crippen LogP contribution in [-0.4, -0.2) is 6.04 Å². The summed E-state index contributed by atoms with van der Waals surface area (Å²) in [5.74, 6) is 0.470. The molecule has 2 rings (SSSR count). The molecule has 1 saturated carbocycles. The number of hydrogen-bond donors (Lipinski definition) is 1. The van der Waals surface area contributed by atoms with Gasteiger partial charge in [-0.15, -0.1) is 0 Å². The van der Waals surface area contributed by atoms with E-state index in [0.717, 1.165) is 30.5 Å². The number of nitrogens with one attached hydrogen (secondary N) is 1. The lowest BCUT2D eigenvalue weighted by Gasteiger charge is -2.09. The molecule has 0 bridgehead atoms. The molecule has 0 aliphatic heterocycles. The van der Waals surface area contributed by atoms with Crippen molar-refractivity contribution in [2.45, 2.75) is 45.2 Å². The van der Waals surface area contributed by atoms with Gasteiger partial charge < -0.3 is 5.32 Å². The van der Waals surface area contributed by atoms with Crippen LogP contribution in [-0.2, 0) is 6.54 Å². The highest BCUT2D eigenvalue weighted by molar-refractivity contribution is 5.29. The van der Waals surface area contributed by atoms with Crippen LogP contribution in [0.25, 0.3) is 0 Å². The second kappa shape index (κ2) is 4.31. The minimum absolute atomic E-state index is 0.0273. The van der Waals surface area contributed by atoms with Crippen LogP contribution in [0.5, 0.6) is 0 Å². The van der Waals surface area contributed by atoms with E-state index in [1.807, 2.05) is 12.1 Å². The molecule has 0 aromatic heterocycles. The highest BCUT2D eigenvalue weighted by Crippen LogP contribution is 2.41.